The van der Waals surface area contributed by atoms with Gasteiger partial charge in [-0.25, -0.2) is 0 Å². The summed E-state index contributed by atoms with van der Waals surface area (Å²) in [4.78, 5) is 0. The summed E-state index contributed by atoms with van der Waals surface area (Å²) in [5.41, 5.74) is 5.57. The summed E-state index contributed by atoms with van der Waals surface area (Å²) in [5.74, 6) is 0.744. The van der Waals surface area contributed by atoms with Crippen molar-refractivity contribution < 1.29 is 0 Å². The van der Waals surface area contributed by atoms with E-state index in [2.05, 4.69) is 19.2 Å². The number of hydrogen-bond donors (Lipinski definition) is 2. The van der Waals surface area contributed by atoms with Crippen LogP contribution >= 0.6 is 24.8 Å². The molecule has 2 nitrogen and oxygen atoms in total. The summed E-state index contributed by atoms with van der Waals surface area (Å²) in [5, 5.41) is 3.34. The van der Waals surface area contributed by atoms with Crippen LogP contribution in [0.5, 0.6) is 0 Å². The number of nitrogens with one attached hydrogen (secondary N) is 1. The smallest absolute Gasteiger partial charge is 0.00225 e. The van der Waals surface area contributed by atoms with Crippen LogP contribution in [0, 0.1) is 5.92 Å². The number of rotatable bonds is 5. The van der Waals surface area contributed by atoms with Crippen LogP contribution in [0.1, 0.15) is 27.2 Å². The molecule has 78 valence electrons. The highest BCUT2D eigenvalue weighted by Crippen LogP contribution is 1.88. The average Bonchev–Trinajstić information content (AvgIpc) is 1.79. The molecule has 1 atom stereocenters. The number of nitrogens with two attached hydrogens (primary N) is 1. The molecule has 12 heavy (non-hydrogen) atoms. The zero-order valence-corrected chi connectivity index (χ0v) is 9.80. The lowest BCUT2D eigenvalue weighted by Crippen LogP contribution is -2.26. The van der Waals surface area contributed by atoms with E-state index in [9.17, 15) is 0 Å². The normalized spacial score (nSPS) is 11.8. The molecule has 0 saturated carbocycles. The van der Waals surface area contributed by atoms with E-state index in [4.69, 9.17) is 5.73 Å². The van der Waals surface area contributed by atoms with E-state index in [0.717, 1.165) is 25.4 Å². The SMILES string of the molecule is CC(C)CNCC[C@@H](C)N.Cl.Cl. The molecular formula is C8H22Cl2N2. The Morgan fingerprint density at radius 3 is 2.00 bits per heavy atom. The Morgan fingerprint density at radius 2 is 1.67 bits per heavy atom. The summed E-state index contributed by atoms with van der Waals surface area (Å²) in [6, 6.07) is 0.333. The second kappa shape index (κ2) is 11.5. The lowest BCUT2D eigenvalue weighted by atomic mass is 10.2. The van der Waals surface area contributed by atoms with Crippen LogP contribution in [0.3, 0.4) is 0 Å². The molecule has 0 rings (SSSR count). The standard InChI is InChI=1S/C8H20N2.2ClH/c1-7(2)6-10-5-4-8(3)9;;/h7-8,10H,4-6,9H2,1-3H3;2*1H/t8-;;/m1../s1. The Kier molecular flexibility index (Phi) is 17.6. The van der Waals surface area contributed by atoms with E-state index in [1.807, 2.05) is 6.92 Å². The van der Waals surface area contributed by atoms with E-state index < -0.39 is 0 Å². The molecule has 0 unspecified atom stereocenters. The number of halogens is 2. The van der Waals surface area contributed by atoms with Crippen LogP contribution in [0.15, 0.2) is 0 Å². The molecule has 0 spiro atoms. The lowest BCUT2D eigenvalue weighted by Gasteiger charge is -2.08. The monoisotopic (exact) mass is 216 g/mol. The summed E-state index contributed by atoms with van der Waals surface area (Å²) in [7, 11) is 0. The Morgan fingerprint density at radius 1 is 1.17 bits per heavy atom. The van der Waals surface area contributed by atoms with Gasteiger partial charge >= 0.3 is 0 Å². The van der Waals surface area contributed by atoms with Crippen molar-refractivity contribution >= 4 is 24.8 Å². The third-order valence-electron chi connectivity index (χ3n) is 1.33. The van der Waals surface area contributed by atoms with Gasteiger partial charge in [-0.2, -0.15) is 0 Å². The van der Waals surface area contributed by atoms with E-state index in [1.54, 1.807) is 0 Å². The minimum Gasteiger partial charge on any atom is -0.328 e. The molecule has 0 fully saturated rings. The first-order valence-electron chi connectivity index (χ1n) is 4.09. The van der Waals surface area contributed by atoms with E-state index in [0.29, 0.717) is 6.04 Å². The minimum atomic E-state index is 0. The number of hydrogen-bond acceptors (Lipinski definition) is 2. The highest BCUT2D eigenvalue weighted by Gasteiger charge is 1.94. The van der Waals surface area contributed by atoms with Crippen molar-refractivity contribution in [3.8, 4) is 0 Å². The topological polar surface area (TPSA) is 38.0 Å². The highest BCUT2D eigenvalue weighted by molar-refractivity contribution is 5.85. The van der Waals surface area contributed by atoms with Gasteiger partial charge in [0.25, 0.3) is 0 Å². The molecule has 0 radical (unpaired) electrons. The fourth-order valence-electron chi connectivity index (χ4n) is 0.720. The van der Waals surface area contributed by atoms with Crippen molar-refractivity contribution in [1.82, 2.24) is 5.32 Å². The van der Waals surface area contributed by atoms with Crippen LogP contribution in [0.4, 0.5) is 0 Å². The maximum absolute atomic E-state index is 5.57. The molecule has 0 aromatic rings. The highest BCUT2D eigenvalue weighted by atomic mass is 35.5. The fraction of sp³-hybridized carbons (Fsp3) is 1.00. The summed E-state index contributed by atoms with van der Waals surface area (Å²) >= 11 is 0. The van der Waals surface area contributed by atoms with E-state index in [1.165, 1.54) is 0 Å². The van der Waals surface area contributed by atoms with Gasteiger partial charge in [-0.05, 0) is 32.4 Å². The van der Waals surface area contributed by atoms with Crippen molar-refractivity contribution in [2.45, 2.75) is 33.2 Å². The first kappa shape index (κ1) is 18.3. The second-order valence-electron chi connectivity index (χ2n) is 3.36. The molecule has 0 heterocycles. The average molecular weight is 217 g/mol. The zero-order valence-electron chi connectivity index (χ0n) is 8.17. The zero-order chi connectivity index (χ0) is 7.98. The predicted octanol–water partition coefficient (Wildman–Crippen LogP) is 1.81. The molecule has 0 aromatic heterocycles. The summed E-state index contributed by atoms with van der Waals surface area (Å²) in [6.45, 7) is 8.61. The van der Waals surface area contributed by atoms with Crippen LogP contribution in [0.2, 0.25) is 0 Å². The van der Waals surface area contributed by atoms with Gasteiger partial charge in [-0.1, -0.05) is 13.8 Å². The van der Waals surface area contributed by atoms with Gasteiger partial charge in [-0.3, -0.25) is 0 Å². The van der Waals surface area contributed by atoms with Crippen molar-refractivity contribution in [2.75, 3.05) is 13.1 Å². The Bertz CT molecular complexity index is 67.5. The van der Waals surface area contributed by atoms with Crippen LogP contribution < -0.4 is 11.1 Å². The molecule has 4 heteroatoms. The minimum absolute atomic E-state index is 0. The van der Waals surface area contributed by atoms with Gasteiger partial charge in [0.2, 0.25) is 0 Å². The second-order valence-corrected chi connectivity index (χ2v) is 3.36. The third-order valence-corrected chi connectivity index (χ3v) is 1.33. The maximum atomic E-state index is 5.57. The Balaban J connectivity index is -0.000000405. The molecule has 0 bridgehead atoms. The lowest BCUT2D eigenvalue weighted by molar-refractivity contribution is 0.523. The predicted molar refractivity (Wildman–Crippen MR) is 60.5 cm³/mol. The Hall–Kier alpha value is 0.500. The van der Waals surface area contributed by atoms with Gasteiger partial charge in [0.15, 0.2) is 0 Å². The van der Waals surface area contributed by atoms with Crippen molar-refractivity contribution in [3.63, 3.8) is 0 Å². The van der Waals surface area contributed by atoms with Gasteiger partial charge in [0, 0.05) is 6.04 Å². The largest absolute Gasteiger partial charge is 0.328 e. The van der Waals surface area contributed by atoms with Gasteiger partial charge in [0.05, 0.1) is 0 Å². The van der Waals surface area contributed by atoms with E-state index >= 15 is 0 Å². The quantitative estimate of drug-likeness (QED) is 0.689. The molecule has 0 amide bonds. The van der Waals surface area contributed by atoms with Gasteiger partial charge in [0.1, 0.15) is 0 Å². The molecule has 0 aromatic carbocycles. The molecular weight excluding hydrogens is 195 g/mol. The molecule has 0 aliphatic rings. The van der Waals surface area contributed by atoms with Crippen molar-refractivity contribution in [3.05, 3.63) is 0 Å². The molecule has 0 aliphatic carbocycles. The summed E-state index contributed by atoms with van der Waals surface area (Å²) in [6.07, 6.45) is 1.08. The first-order chi connectivity index (χ1) is 4.63. The van der Waals surface area contributed by atoms with Gasteiger partial charge < -0.3 is 11.1 Å². The van der Waals surface area contributed by atoms with Crippen LogP contribution in [0.25, 0.3) is 0 Å². The molecule has 3 N–H and O–H groups in total. The Labute approximate surface area is 88.5 Å². The molecule has 0 saturated heterocycles. The van der Waals surface area contributed by atoms with Crippen molar-refractivity contribution in [1.29, 1.82) is 0 Å². The van der Waals surface area contributed by atoms with Crippen molar-refractivity contribution in [2.24, 2.45) is 11.7 Å². The van der Waals surface area contributed by atoms with Crippen LogP contribution in [-0.4, -0.2) is 19.1 Å². The molecule has 0 aliphatic heterocycles. The van der Waals surface area contributed by atoms with Gasteiger partial charge in [-0.15, -0.1) is 24.8 Å². The van der Waals surface area contributed by atoms with Crippen LogP contribution in [-0.2, 0) is 0 Å². The third kappa shape index (κ3) is 16.8. The van der Waals surface area contributed by atoms with E-state index in [-0.39, 0.29) is 24.8 Å². The maximum Gasteiger partial charge on any atom is 0.00225 e. The summed E-state index contributed by atoms with van der Waals surface area (Å²) < 4.78 is 0. The first-order valence-corrected chi connectivity index (χ1v) is 4.09. The fourth-order valence-corrected chi connectivity index (χ4v) is 0.720.